The fourth-order valence-corrected chi connectivity index (χ4v) is 0.634. The van der Waals surface area contributed by atoms with Gasteiger partial charge in [-0.15, -0.1) is 0 Å². The summed E-state index contributed by atoms with van der Waals surface area (Å²) < 4.78 is 4.38. The zero-order chi connectivity index (χ0) is 12.3. The molecule has 4 nitrogen and oxygen atoms in total. The highest BCUT2D eigenvalue weighted by Crippen LogP contribution is 1.99. The summed E-state index contributed by atoms with van der Waals surface area (Å²) in [4.78, 5) is 23.1. The van der Waals surface area contributed by atoms with Gasteiger partial charge in [0.25, 0.3) is 0 Å². The molecular formula is C10H20BNO3. The molecule has 0 spiro atoms. The van der Waals surface area contributed by atoms with Crippen LogP contribution in [-0.2, 0) is 14.3 Å². The second kappa shape index (κ2) is 11.2. The number of nitrogens with zero attached hydrogens (tertiary/aromatic N) is 1. The number of carbonyl (C=O) groups excluding carboxylic acids is 2. The van der Waals surface area contributed by atoms with Crippen LogP contribution in [0.5, 0.6) is 0 Å². The Kier molecular flexibility index (Phi) is 12.4. The van der Waals surface area contributed by atoms with E-state index in [1.165, 1.54) is 7.11 Å². The molecule has 0 amide bonds. The van der Waals surface area contributed by atoms with E-state index >= 15 is 0 Å². The van der Waals surface area contributed by atoms with Gasteiger partial charge in [0.1, 0.15) is 5.78 Å². The van der Waals surface area contributed by atoms with Gasteiger partial charge in [-0.25, -0.2) is 0 Å². The van der Waals surface area contributed by atoms with Crippen molar-refractivity contribution in [1.82, 2.24) is 4.90 Å². The second-order valence-corrected chi connectivity index (χ2v) is 3.51. The molecule has 0 saturated carbocycles. The number of hydrogen-bond donors (Lipinski definition) is 0. The molecule has 0 rings (SSSR count). The van der Waals surface area contributed by atoms with Gasteiger partial charge in [-0.3, -0.25) is 4.79 Å². The molecule has 5 heteroatoms. The number of ether oxygens (including phenoxy) is 1. The maximum Gasteiger partial charge on any atom is 0.305 e. The highest BCUT2D eigenvalue weighted by molar-refractivity contribution is 6.20. The Hall–Kier alpha value is -0.835. The average Bonchev–Trinajstić information content (AvgIpc) is 2.16. The third-order valence-electron chi connectivity index (χ3n) is 1.29. The smallest absolute Gasteiger partial charge is 0.305 e. The van der Waals surface area contributed by atoms with Gasteiger partial charge in [-0.2, -0.15) is 0 Å². The summed E-state index contributed by atoms with van der Waals surface area (Å²) in [5, 5.41) is 0. The quantitative estimate of drug-likeness (QED) is 0.497. The minimum atomic E-state index is -0.283. The molecule has 0 aromatic carbocycles. The number of Topliss-reactive ketones (excluding diaryl/α,β-unsaturated/α-hetero) is 1. The van der Waals surface area contributed by atoms with Crippen LogP contribution in [0.4, 0.5) is 0 Å². The van der Waals surface area contributed by atoms with Crippen LogP contribution in [0.1, 0.15) is 19.3 Å². The van der Waals surface area contributed by atoms with Crippen LogP contribution in [0.3, 0.4) is 0 Å². The van der Waals surface area contributed by atoms with Crippen LogP contribution < -0.4 is 0 Å². The molecule has 0 N–H and O–H groups in total. The Morgan fingerprint density at radius 2 is 1.67 bits per heavy atom. The molecule has 86 valence electrons. The molecule has 0 fully saturated rings. The normalized spacial score (nSPS) is 9.13. The van der Waals surface area contributed by atoms with Gasteiger partial charge in [0.2, 0.25) is 0 Å². The molecular weight excluding hydrogens is 193 g/mol. The van der Waals surface area contributed by atoms with Gasteiger partial charge in [0, 0.05) is 12.8 Å². The number of esters is 1. The van der Waals surface area contributed by atoms with Crippen molar-refractivity contribution in [2.24, 2.45) is 0 Å². The fourth-order valence-electron chi connectivity index (χ4n) is 0.634. The van der Waals surface area contributed by atoms with Crippen molar-refractivity contribution >= 4 is 19.6 Å². The molecule has 2 radical (unpaired) electrons. The van der Waals surface area contributed by atoms with Gasteiger partial charge >= 0.3 is 5.97 Å². The molecule has 15 heavy (non-hydrogen) atoms. The predicted molar refractivity (Wildman–Crippen MR) is 61.0 cm³/mol. The largest absolute Gasteiger partial charge is 0.469 e. The van der Waals surface area contributed by atoms with Gasteiger partial charge in [0.05, 0.1) is 15.0 Å². The van der Waals surface area contributed by atoms with E-state index in [0.29, 0.717) is 19.3 Å². The highest BCUT2D eigenvalue weighted by Gasteiger charge is 2.02. The van der Waals surface area contributed by atoms with E-state index in [1.807, 2.05) is 26.0 Å². The van der Waals surface area contributed by atoms with Crippen molar-refractivity contribution in [2.45, 2.75) is 25.6 Å². The topological polar surface area (TPSA) is 46.6 Å². The van der Waals surface area contributed by atoms with Crippen molar-refractivity contribution < 1.29 is 14.3 Å². The number of hydrogen-bond acceptors (Lipinski definition) is 4. The summed E-state index contributed by atoms with van der Waals surface area (Å²) in [5.41, 5.74) is 0. The fraction of sp³-hybridized carbons (Fsp3) is 0.800. The Morgan fingerprint density at radius 1 is 1.20 bits per heavy atom. The van der Waals surface area contributed by atoms with E-state index in [4.69, 9.17) is 7.85 Å². The lowest BCUT2D eigenvalue weighted by Gasteiger charge is -1.97. The van der Waals surface area contributed by atoms with Gasteiger partial charge < -0.3 is 14.4 Å². The van der Waals surface area contributed by atoms with Crippen molar-refractivity contribution in [3.8, 4) is 0 Å². The van der Waals surface area contributed by atoms with E-state index in [9.17, 15) is 9.59 Å². The molecule has 0 unspecified atom stereocenters. The molecule has 0 bridgehead atoms. The van der Waals surface area contributed by atoms with E-state index in [-0.39, 0.29) is 18.1 Å². The summed E-state index contributed by atoms with van der Waals surface area (Å²) in [6.07, 6.45) is 1.25. The SMILES string of the molecule is CN(C)C.[B]CC(=O)CCCC(=O)OC. The predicted octanol–water partition coefficient (Wildman–Crippen LogP) is 0.663. The van der Waals surface area contributed by atoms with Crippen molar-refractivity contribution in [1.29, 1.82) is 0 Å². The summed E-state index contributed by atoms with van der Waals surface area (Å²) in [6.45, 7) is 0. The Balaban J connectivity index is 0. The van der Waals surface area contributed by atoms with Crippen molar-refractivity contribution in [2.75, 3.05) is 28.3 Å². The summed E-state index contributed by atoms with van der Waals surface area (Å²) in [5.74, 6) is -0.302. The molecule has 0 aromatic heterocycles. The maximum absolute atomic E-state index is 10.6. The molecule has 0 aliphatic heterocycles. The molecule has 0 aliphatic carbocycles. The standard InChI is InChI=1S/C7H11BO3.C3H9N/c1-11-7(10)4-2-3-6(9)5-8;1-4(2)3/h2-5H2,1H3;1-3H3. The first-order valence-electron chi connectivity index (χ1n) is 4.83. The molecule has 0 heterocycles. The van der Waals surface area contributed by atoms with E-state index in [0.717, 1.165) is 0 Å². The van der Waals surface area contributed by atoms with Crippen molar-refractivity contribution in [3.63, 3.8) is 0 Å². The third-order valence-corrected chi connectivity index (χ3v) is 1.29. The first-order valence-corrected chi connectivity index (χ1v) is 4.83. The Bertz CT molecular complexity index is 165. The maximum atomic E-state index is 10.6. The van der Waals surface area contributed by atoms with Crippen LogP contribution in [0.25, 0.3) is 0 Å². The first-order chi connectivity index (χ1) is 6.93. The molecule has 0 atom stereocenters. The molecule has 0 saturated heterocycles. The van der Waals surface area contributed by atoms with E-state index < -0.39 is 0 Å². The highest BCUT2D eigenvalue weighted by atomic mass is 16.5. The second-order valence-electron chi connectivity index (χ2n) is 3.51. The van der Waals surface area contributed by atoms with Gasteiger partial charge in [-0.1, -0.05) is 0 Å². The lowest BCUT2D eigenvalue weighted by molar-refractivity contribution is -0.140. The van der Waals surface area contributed by atoms with Crippen LogP contribution in [0.2, 0.25) is 6.32 Å². The monoisotopic (exact) mass is 213 g/mol. The number of rotatable bonds is 5. The molecule has 0 aliphatic rings. The van der Waals surface area contributed by atoms with Gasteiger partial charge in [0.15, 0.2) is 0 Å². The van der Waals surface area contributed by atoms with Crippen LogP contribution in [0.15, 0.2) is 0 Å². The lowest BCUT2D eigenvalue weighted by Crippen LogP contribution is -2.02. The summed E-state index contributed by atoms with van der Waals surface area (Å²) in [6, 6.07) is 0. The zero-order valence-electron chi connectivity index (χ0n) is 10.1. The number of methoxy groups -OCH3 is 1. The summed E-state index contributed by atoms with van der Waals surface area (Å²) >= 11 is 0. The number of ketones is 1. The van der Waals surface area contributed by atoms with Crippen LogP contribution in [0, 0.1) is 0 Å². The third kappa shape index (κ3) is 19.5. The van der Waals surface area contributed by atoms with Gasteiger partial charge in [-0.05, 0) is 33.9 Å². The van der Waals surface area contributed by atoms with Crippen molar-refractivity contribution in [3.05, 3.63) is 0 Å². The van der Waals surface area contributed by atoms with E-state index in [1.54, 1.807) is 0 Å². The minimum absolute atomic E-state index is 0.0195. The lowest BCUT2D eigenvalue weighted by atomic mass is 9.97. The van der Waals surface area contributed by atoms with E-state index in [2.05, 4.69) is 4.74 Å². The Morgan fingerprint density at radius 3 is 2.00 bits per heavy atom. The van der Waals surface area contributed by atoms with Crippen LogP contribution >= 0.6 is 0 Å². The minimum Gasteiger partial charge on any atom is -0.469 e. The summed E-state index contributed by atoms with van der Waals surface area (Å²) in [7, 11) is 12.4. The zero-order valence-corrected chi connectivity index (χ0v) is 10.1. The Labute approximate surface area is 93.4 Å². The first kappa shape index (κ1) is 16.6. The van der Waals surface area contributed by atoms with Crippen LogP contribution in [-0.4, -0.2) is 52.8 Å². The molecule has 0 aromatic rings. The average molecular weight is 213 g/mol. The number of carbonyl (C=O) groups is 2.